The maximum absolute atomic E-state index is 13.6. The topological polar surface area (TPSA) is 130 Å². The third-order valence-electron chi connectivity index (χ3n) is 6.12. The summed E-state index contributed by atoms with van der Waals surface area (Å²) in [5.41, 5.74) is 6.53. The molecule has 8 nitrogen and oxygen atoms in total. The van der Waals surface area contributed by atoms with Crippen LogP contribution in [-0.4, -0.2) is 44.2 Å². The molecule has 0 aliphatic heterocycles. The van der Waals surface area contributed by atoms with Crippen LogP contribution >= 0.6 is 11.3 Å². The van der Waals surface area contributed by atoms with Crippen LogP contribution in [0.25, 0.3) is 20.9 Å². The first kappa shape index (κ1) is 27.7. The zero-order chi connectivity index (χ0) is 27.5. The maximum Gasteiger partial charge on any atom is 0.244 e. The van der Waals surface area contributed by atoms with E-state index in [1.54, 1.807) is 25.2 Å². The smallest absolute Gasteiger partial charge is 0.244 e. The van der Waals surface area contributed by atoms with Crippen molar-refractivity contribution in [1.82, 2.24) is 15.4 Å². The second kappa shape index (κ2) is 11.2. The fourth-order valence-corrected chi connectivity index (χ4v) is 5.85. The molecular weight excluding hydrogens is 520 g/mol. The van der Waals surface area contributed by atoms with Gasteiger partial charge in [0.05, 0.1) is 18.0 Å². The molecule has 0 fully saturated rings. The van der Waals surface area contributed by atoms with Crippen molar-refractivity contribution in [2.24, 2.45) is 5.73 Å². The molecule has 0 saturated carbocycles. The molecule has 2 atom stereocenters. The number of carbonyl (C=O) groups is 2. The Hall–Kier alpha value is -3.31. The van der Waals surface area contributed by atoms with E-state index in [4.69, 9.17) is 5.73 Å². The summed E-state index contributed by atoms with van der Waals surface area (Å²) < 4.78 is 27.9. The van der Waals surface area contributed by atoms with Crippen LogP contribution in [0.2, 0.25) is 0 Å². The number of hydrogen-bond acceptors (Lipinski definition) is 6. The summed E-state index contributed by atoms with van der Waals surface area (Å²) in [5, 5.41) is 10.6. The molecule has 1 heterocycles. The molecule has 200 valence electrons. The van der Waals surface area contributed by atoms with E-state index in [9.17, 15) is 18.0 Å². The van der Waals surface area contributed by atoms with Gasteiger partial charge in [-0.3, -0.25) is 9.59 Å². The van der Waals surface area contributed by atoms with Gasteiger partial charge < -0.3 is 16.4 Å². The summed E-state index contributed by atoms with van der Waals surface area (Å²) in [6.45, 7) is 3.12. The molecule has 0 unspecified atom stereocenters. The van der Waals surface area contributed by atoms with Crippen molar-refractivity contribution in [3.05, 3.63) is 83.2 Å². The zero-order valence-electron chi connectivity index (χ0n) is 21.5. The number of benzene rings is 3. The molecule has 3 aromatic carbocycles. The lowest BCUT2D eigenvalue weighted by Crippen LogP contribution is -2.59. The minimum Gasteiger partial charge on any atom is -0.342 e. The molecule has 5 N–H and O–H groups in total. The van der Waals surface area contributed by atoms with Crippen LogP contribution in [0.3, 0.4) is 0 Å². The SMILES string of the molecule is CC(C)(N)C(=O)N[C@H](Cc1ccc2ccccc2c1)C(=O)N[C@H](Cc1csc2ccccc12)NS(C)(=O)=O. The van der Waals surface area contributed by atoms with Crippen molar-refractivity contribution in [2.45, 2.75) is 44.4 Å². The van der Waals surface area contributed by atoms with Gasteiger partial charge >= 0.3 is 0 Å². The maximum atomic E-state index is 13.6. The van der Waals surface area contributed by atoms with Crippen molar-refractivity contribution in [3.8, 4) is 0 Å². The van der Waals surface area contributed by atoms with Gasteiger partial charge in [0.1, 0.15) is 6.04 Å². The lowest BCUT2D eigenvalue weighted by atomic mass is 9.99. The van der Waals surface area contributed by atoms with Crippen molar-refractivity contribution in [2.75, 3.05) is 6.26 Å². The fraction of sp³-hybridized carbons (Fsp3) is 0.286. The van der Waals surface area contributed by atoms with Crippen LogP contribution in [0.15, 0.2) is 72.1 Å². The van der Waals surface area contributed by atoms with Gasteiger partial charge in [-0.05, 0) is 52.6 Å². The van der Waals surface area contributed by atoms with E-state index in [1.807, 2.05) is 72.1 Å². The normalized spacial score (nSPS) is 13.8. The van der Waals surface area contributed by atoms with Gasteiger partial charge in [0.2, 0.25) is 21.8 Å². The average Bonchev–Trinajstić information content (AvgIpc) is 3.24. The Morgan fingerprint density at radius 2 is 1.63 bits per heavy atom. The first-order valence-corrected chi connectivity index (χ1v) is 15.0. The van der Waals surface area contributed by atoms with Gasteiger partial charge in [-0.25, -0.2) is 8.42 Å². The minimum absolute atomic E-state index is 0.200. The summed E-state index contributed by atoms with van der Waals surface area (Å²) in [4.78, 5) is 26.3. The summed E-state index contributed by atoms with van der Waals surface area (Å²) in [7, 11) is -3.65. The van der Waals surface area contributed by atoms with E-state index < -0.39 is 39.6 Å². The Morgan fingerprint density at radius 1 is 0.947 bits per heavy atom. The molecule has 0 radical (unpaired) electrons. The quantitative estimate of drug-likeness (QED) is 0.225. The highest BCUT2D eigenvalue weighted by molar-refractivity contribution is 7.88. The monoisotopic (exact) mass is 552 g/mol. The van der Waals surface area contributed by atoms with Gasteiger partial charge in [-0.1, -0.05) is 60.7 Å². The Bertz CT molecular complexity index is 1570. The van der Waals surface area contributed by atoms with Gasteiger partial charge in [0.25, 0.3) is 0 Å². The second-order valence-corrected chi connectivity index (χ2v) is 12.7. The number of carbonyl (C=O) groups excluding carboxylic acids is 2. The summed E-state index contributed by atoms with van der Waals surface area (Å²) in [6, 6.07) is 20.5. The molecule has 10 heteroatoms. The molecule has 0 bridgehead atoms. The third-order valence-corrected chi connectivity index (χ3v) is 7.84. The molecule has 0 aliphatic carbocycles. The third kappa shape index (κ3) is 7.16. The summed E-state index contributed by atoms with van der Waals surface area (Å²) in [5.74, 6) is -1.01. The molecule has 1 aromatic heterocycles. The molecule has 2 amide bonds. The van der Waals surface area contributed by atoms with Crippen LogP contribution in [0, 0.1) is 0 Å². The van der Waals surface area contributed by atoms with Gasteiger partial charge in [0, 0.05) is 17.5 Å². The van der Waals surface area contributed by atoms with Crippen molar-refractivity contribution < 1.29 is 18.0 Å². The Balaban J connectivity index is 1.60. The predicted molar refractivity (Wildman–Crippen MR) is 153 cm³/mol. The number of rotatable bonds is 10. The average molecular weight is 553 g/mol. The number of amides is 2. The van der Waals surface area contributed by atoms with Crippen LogP contribution in [0.4, 0.5) is 0 Å². The first-order valence-electron chi connectivity index (χ1n) is 12.2. The number of sulfonamides is 1. The highest BCUT2D eigenvalue weighted by atomic mass is 32.2. The highest BCUT2D eigenvalue weighted by Crippen LogP contribution is 2.26. The number of thiophene rings is 1. The fourth-order valence-electron chi connectivity index (χ4n) is 4.22. The molecule has 0 saturated heterocycles. The van der Waals surface area contributed by atoms with Crippen molar-refractivity contribution in [1.29, 1.82) is 0 Å². The number of fused-ring (bicyclic) bond motifs is 2. The number of nitrogens with two attached hydrogens (primary N) is 1. The second-order valence-electron chi connectivity index (χ2n) is 10.0. The lowest BCUT2D eigenvalue weighted by molar-refractivity contribution is -0.131. The van der Waals surface area contributed by atoms with E-state index >= 15 is 0 Å². The first-order chi connectivity index (χ1) is 17.9. The summed E-state index contributed by atoms with van der Waals surface area (Å²) >= 11 is 1.55. The van der Waals surface area contributed by atoms with E-state index in [-0.39, 0.29) is 12.8 Å². The Labute approximate surface area is 226 Å². The van der Waals surface area contributed by atoms with Gasteiger partial charge in [-0.15, -0.1) is 11.3 Å². The van der Waals surface area contributed by atoms with E-state index in [0.717, 1.165) is 38.2 Å². The van der Waals surface area contributed by atoms with Crippen molar-refractivity contribution in [3.63, 3.8) is 0 Å². The van der Waals surface area contributed by atoms with Crippen LogP contribution < -0.4 is 21.1 Å². The molecular formula is C28H32N4O4S2. The predicted octanol–water partition coefficient (Wildman–Crippen LogP) is 3.05. The van der Waals surface area contributed by atoms with E-state index in [1.165, 1.54) is 0 Å². The molecule has 4 rings (SSSR count). The Morgan fingerprint density at radius 3 is 2.34 bits per heavy atom. The number of nitrogens with one attached hydrogen (secondary N) is 3. The van der Waals surface area contributed by atoms with Gasteiger partial charge in [0.15, 0.2) is 0 Å². The molecule has 4 aromatic rings. The standard InChI is InChI=1S/C28H32N4O4S2/c1-28(2,29)27(34)30-23(15-18-12-13-19-8-4-5-9-20(19)14-18)26(33)31-25(32-38(3,35)36)16-21-17-37-24-11-7-6-10-22(21)24/h4-14,17,23,25,32H,15-16,29H2,1-3H3,(H,30,34)(H,31,33)/t23-,25+/m1/s1. The van der Waals surface area contributed by atoms with Crippen LogP contribution in [-0.2, 0) is 32.5 Å². The minimum atomic E-state index is -3.65. The van der Waals surface area contributed by atoms with Crippen molar-refractivity contribution >= 4 is 54.0 Å². The molecule has 38 heavy (non-hydrogen) atoms. The number of hydrogen-bond donors (Lipinski definition) is 4. The molecule has 0 spiro atoms. The van der Waals surface area contributed by atoms with E-state index in [2.05, 4.69) is 15.4 Å². The highest BCUT2D eigenvalue weighted by Gasteiger charge is 2.30. The van der Waals surface area contributed by atoms with Crippen LogP contribution in [0.1, 0.15) is 25.0 Å². The Kier molecular flexibility index (Phi) is 8.17. The van der Waals surface area contributed by atoms with Gasteiger partial charge in [-0.2, -0.15) is 4.72 Å². The van der Waals surface area contributed by atoms with E-state index in [0.29, 0.717) is 0 Å². The van der Waals surface area contributed by atoms with Crippen LogP contribution in [0.5, 0.6) is 0 Å². The zero-order valence-corrected chi connectivity index (χ0v) is 23.2. The molecule has 0 aliphatic rings. The largest absolute Gasteiger partial charge is 0.342 e. The lowest BCUT2D eigenvalue weighted by Gasteiger charge is -2.26. The summed E-state index contributed by atoms with van der Waals surface area (Å²) in [6.07, 6.45) is 0.564.